The van der Waals surface area contributed by atoms with E-state index in [9.17, 15) is 14.4 Å². The first-order chi connectivity index (χ1) is 16.4. The van der Waals surface area contributed by atoms with Gasteiger partial charge >= 0.3 is 5.69 Å². The minimum atomic E-state index is -0.611. The quantitative estimate of drug-likeness (QED) is 0.551. The summed E-state index contributed by atoms with van der Waals surface area (Å²) in [6, 6.07) is 11.9. The van der Waals surface area contributed by atoms with Gasteiger partial charge in [-0.05, 0) is 24.5 Å². The molecule has 1 aromatic carbocycles. The third-order valence-electron chi connectivity index (χ3n) is 6.08. The molecule has 0 spiro atoms. The maximum atomic E-state index is 13.2. The van der Waals surface area contributed by atoms with Crippen LogP contribution in [0.2, 0.25) is 0 Å². The third kappa shape index (κ3) is 5.10. The number of hydrogen-bond donors (Lipinski definition) is 2. The van der Waals surface area contributed by atoms with Crippen molar-refractivity contribution in [3.8, 4) is 0 Å². The Labute approximate surface area is 197 Å². The lowest BCUT2D eigenvalue weighted by atomic mass is 10.0. The van der Waals surface area contributed by atoms with Gasteiger partial charge in [0.15, 0.2) is 5.65 Å². The van der Waals surface area contributed by atoms with Crippen molar-refractivity contribution in [3.05, 3.63) is 74.1 Å². The number of benzene rings is 1. The summed E-state index contributed by atoms with van der Waals surface area (Å²) in [7, 11) is 0. The van der Waals surface area contributed by atoms with Crippen LogP contribution in [0.15, 0.2) is 46.0 Å². The molecule has 180 valence electrons. The van der Waals surface area contributed by atoms with Crippen LogP contribution in [0.4, 0.5) is 0 Å². The summed E-state index contributed by atoms with van der Waals surface area (Å²) in [4.78, 5) is 47.4. The van der Waals surface area contributed by atoms with Gasteiger partial charge in [-0.15, -0.1) is 0 Å². The lowest BCUT2D eigenvalue weighted by molar-refractivity contribution is -0.0292. The molecular formula is C25H31N5O4. The first-order valence-electron chi connectivity index (χ1n) is 11.7. The molecule has 4 rings (SSSR count). The maximum Gasteiger partial charge on any atom is 0.329 e. The van der Waals surface area contributed by atoms with Gasteiger partial charge in [-0.25, -0.2) is 9.78 Å². The number of morpholine rings is 1. The highest BCUT2D eigenvalue weighted by molar-refractivity contribution is 6.05. The van der Waals surface area contributed by atoms with E-state index in [2.05, 4.69) is 32.3 Å². The summed E-state index contributed by atoms with van der Waals surface area (Å²) in [5.74, 6) is -0.367. The Bertz CT molecular complexity index is 1280. The van der Waals surface area contributed by atoms with Crippen LogP contribution >= 0.6 is 0 Å². The summed E-state index contributed by atoms with van der Waals surface area (Å²) in [5.41, 5.74) is 1.18. The molecule has 0 radical (unpaired) electrons. The van der Waals surface area contributed by atoms with Crippen molar-refractivity contribution in [2.24, 2.45) is 0 Å². The topological polar surface area (TPSA) is 109 Å². The van der Waals surface area contributed by atoms with E-state index < -0.39 is 11.2 Å². The standard InChI is InChI=1S/C25H31N5O4/c1-4-30-22-21(24(32)28-25(30)33)19(12-20(27-22)16(2)3)23(31)26-13-18-15-29(10-11-34-18)14-17-8-6-5-7-9-17/h5-9,12,16,18H,4,10-11,13-15H2,1-3H3,(H,26,31)(H,28,32,33). The van der Waals surface area contributed by atoms with E-state index in [1.165, 1.54) is 10.1 Å². The van der Waals surface area contributed by atoms with Gasteiger partial charge in [0.05, 0.1) is 23.7 Å². The van der Waals surface area contributed by atoms with Gasteiger partial charge in [-0.2, -0.15) is 0 Å². The molecule has 1 amide bonds. The summed E-state index contributed by atoms with van der Waals surface area (Å²) in [6.07, 6.45) is -0.161. The van der Waals surface area contributed by atoms with Crippen LogP contribution in [0.5, 0.6) is 0 Å². The Hall–Kier alpha value is -3.30. The SMILES string of the molecule is CCn1c(=O)[nH]c(=O)c2c(C(=O)NCC3CN(Cc4ccccc4)CCO3)cc(C(C)C)nc21. The third-order valence-corrected chi connectivity index (χ3v) is 6.08. The smallest absolute Gasteiger partial charge is 0.329 e. The van der Waals surface area contributed by atoms with Crippen LogP contribution in [-0.4, -0.2) is 57.7 Å². The zero-order valence-corrected chi connectivity index (χ0v) is 19.8. The van der Waals surface area contributed by atoms with Crippen LogP contribution in [0.1, 0.15) is 48.3 Å². The van der Waals surface area contributed by atoms with Crippen LogP contribution in [0.25, 0.3) is 11.0 Å². The summed E-state index contributed by atoms with van der Waals surface area (Å²) < 4.78 is 7.26. The van der Waals surface area contributed by atoms with E-state index in [4.69, 9.17) is 4.74 Å². The minimum Gasteiger partial charge on any atom is -0.374 e. The highest BCUT2D eigenvalue weighted by Gasteiger charge is 2.24. The number of carbonyl (C=O) groups is 1. The molecule has 1 fully saturated rings. The number of fused-ring (bicyclic) bond motifs is 1. The van der Waals surface area contributed by atoms with E-state index >= 15 is 0 Å². The second-order valence-corrected chi connectivity index (χ2v) is 8.88. The number of amides is 1. The predicted octanol–water partition coefficient (Wildman–Crippen LogP) is 1.86. The minimum absolute atomic E-state index is 0.0175. The Kier molecular flexibility index (Phi) is 7.23. The second kappa shape index (κ2) is 10.3. The number of rotatable bonds is 7. The Morgan fingerprint density at radius 2 is 2.03 bits per heavy atom. The van der Waals surface area contributed by atoms with Gasteiger partial charge in [0, 0.05) is 38.4 Å². The Balaban J connectivity index is 1.55. The molecule has 0 saturated carbocycles. The molecule has 0 aliphatic carbocycles. The largest absolute Gasteiger partial charge is 0.374 e. The van der Waals surface area contributed by atoms with Crippen LogP contribution in [0, 0.1) is 0 Å². The van der Waals surface area contributed by atoms with E-state index in [1.54, 1.807) is 13.0 Å². The normalized spacial score (nSPS) is 16.8. The fourth-order valence-electron chi connectivity index (χ4n) is 4.25. The zero-order chi connectivity index (χ0) is 24.2. The van der Waals surface area contributed by atoms with Crippen molar-refractivity contribution in [1.82, 2.24) is 24.8 Å². The molecule has 1 atom stereocenters. The van der Waals surface area contributed by atoms with Gasteiger partial charge in [0.25, 0.3) is 11.5 Å². The van der Waals surface area contributed by atoms with Crippen molar-refractivity contribution < 1.29 is 9.53 Å². The molecule has 9 heteroatoms. The number of ether oxygens (including phenoxy) is 1. The highest BCUT2D eigenvalue weighted by atomic mass is 16.5. The summed E-state index contributed by atoms with van der Waals surface area (Å²) >= 11 is 0. The van der Waals surface area contributed by atoms with E-state index in [0.29, 0.717) is 31.9 Å². The summed E-state index contributed by atoms with van der Waals surface area (Å²) in [5, 5.41) is 3.06. The number of carbonyl (C=O) groups excluding carboxylic acids is 1. The molecule has 1 unspecified atom stereocenters. The number of H-pyrrole nitrogens is 1. The molecule has 9 nitrogen and oxygen atoms in total. The molecule has 1 aliphatic rings. The van der Waals surface area contributed by atoms with Crippen LogP contribution in [-0.2, 0) is 17.8 Å². The molecular weight excluding hydrogens is 434 g/mol. The van der Waals surface area contributed by atoms with E-state index in [1.807, 2.05) is 32.0 Å². The predicted molar refractivity (Wildman–Crippen MR) is 130 cm³/mol. The van der Waals surface area contributed by atoms with Crippen LogP contribution < -0.4 is 16.6 Å². The lowest BCUT2D eigenvalue weighted by Gasteiger charge is -2.33. The number of nitrogens with one attached hydrogen (secondary N) is 2. The fraction of sp³-hybridized carbons (Fsp3) is 0.440. The van der Waals surface area contributed by atoms with Gasteiger partial charge in [-0.1, -0.05) is 44.2 Å². The van der Waals surface area contributed by atoms with Crippen molar-refractivity contribution in [3.63, 3.8) is 0 Å². The van der Waals surface area contributed by atoms with Gasteiger partial charge in [-0.3, -0.25) is 24.0 Å². The summed E-state index contributed by atoms with van der Waals surface area (Å²) in [6.45, 7) is 9.28. The van der Waals surface area contributed by atoms with Gasteiger partial charge in [0.2, 0.25) is 0 Å². The lowest BCUT2D eigenvalue weighted by Crippen LogP contribution is -2.47. The molecule has 3 aromatic rings. The van der Waals surface area contributed by atoms with Gasteiger partial charge < -0.3 is 10.1 Å². The Morgan fingerprint density at radius 1 is 1.26 bits per heavy atom. The molecule has 0 bridgehead atoms. The second-order valence-electron chi connectivity index (χ2n) is 8.88. The van der Waals surface area contributed by atoms with E-state index in [0.717, 1.165) is 13.1 Å². The van der Waals surface area contributed by atoms with E-state index in [-0.39, 0.29) is 34.5 Å². The van der Waals surface area contributed by atoms with Gasteiger partial charge in [0.1, 0.15) is 0 Å². The zero-order valence-electron chi connectivity index (χ0n) is 19.8. The molecule has 3 heterocycles. The molecule has 34 heavy (non-hydrogen) atoms. The van der Waals surface area contributed by atoms with Crippen LogP contribution in [0.3, 0.4) is 0 Å². The fourth-order valence-corrected chi connectivity index (χ4v) is 4.25. The maximum absolute atomic E-state index is 13.2. The number of nitrogens with zero attached hydrogens (tertiary/aromatic N) is 3. The first-order valence-corrected chi connectivity index (χ1v) is 11.7. The molecule has 1 saturated heterocycles. The number of aromatic nitrogens is 3. The van der Waals surface area contributed by atoms with Crippen molar-refractivity contribution >= 4 is 16.9 Å². The molecule has 2 aromatic heterocycles. The Morgan fingerprint density at radius 3 is 2.74 bits per heavy atom. The monoisotopic (exact) mass is 465 g/mol. The molecule has 2 N–H and O–H groups in total. The number of pyridine rings is 1. The average molecular weight is 466 g/mol. The number of aromatic amines is 1. The number of hydrogen-bond acceptors (Lipinski definition) is 6. The van der Waals surface area contributed by atoms with Crippen molar-refractivity contribution in [1.29, 1.82) is 0 Å². The number of aryl methyl sites for hydroxylation is 1. The first kappa shape index (κ1) is 23.8. The average Bonchev–Trinajstić information content (AvgIpc) is 2.83. The highest BCUT2D eigenvalue weighted by Crippen LogP contribution is 2.20. The van der Waals surface area contributed by atoms with Crippen molar-refractivity contribution in [2.45, 2.75) is 45.9 Å². The van der Waals surface area contributed by atoms with Crippen molar-refractivity contribution in [2.75, 3.05) is 26.2 Å². The molecule has 1 aliphatic heterocycles.